The normalized spacial score (nSPS) is 24.6. The number of carbonyl (C=O) groups excluding carboxylic acids is 1. The highest BCUT2D eigenvalue weighted by atomic mass is 32.2. The van der Waals surface area contributed by atoms with E-state index in [1.807, 2.05) is 11.8 Å². The fourth-order valence-corrected chi connectivity index (χ4v) is 2.95. The van der Waals surface area contributed by atoms with E-state index in [4.69, 9.17) is 0 Å². The highest BCUT2D eigenvalue weighted by Gasteiger charge is 2.36. The zero-order valence-electron chi connectivity index (χ0n) is 11.4. The highest BCUT2D eigenvalue weighted by molar-refractivity contribution is 7.99. The third-order valence-corrected chi connectivity index (χ3v) is 4.19. The molecule has 1 rings (SSSR count). The molecule has 1 heterocycles. The van der Waals surface area contributed by atoms with Gasteiger partial charge in [0.25, 0.3) is 0 Å². The summed E-state index contributed by atoms with van der Waals surface area (Å²) in [6, 6.07) is 0.0729. The maximum atomic E-state index is 12.2. The Morgan fingerprint density at radius 3 is 2.71 bits per heavy atom. The van der Waals surface area contributed by atoms with Gasteiger partial charge < -0.3 is 4.90 Å². The molecule has 1 fully saturated rings. The van der Waals surface area contributed by atoms with Crippen molar-refractivity contribution < 1.29 is 4.79 Å². The van der Waals surface area contributed by atoms with E-state index in [0.717, 1.165) is 38.0 Å². The van der Waals surface area contributed by atoms with Crippen LogP contribution in [0.4, 0.5) is 0 Å². The van der Waals surface area contributed by atoms with Gasteiger partial charge >= 0.3 is 0 Å². The van der Waals surface area contributed by atoms with Gasteiger partial charge in [-0.1, -0.05) is 27.2 Å². The van der Waals surface area contributed by atoms with Crippen LogP contribution in [-0.4, -0.2) is 41.1 Å². The van der Waals surface area contributed by atoms with Crippen molar-refractivity contribution in [3.05, 3.63) is 0 Å². The van der Waals surface area contributed by atoms with E-state index in [-0.39, 0.29) is 12.2 Å². The first-order valence-corrected chi connectivity index (χ1v) is 8.04. The molecule has 0 aromatic carbocycles. The van der Waals surface area contributed by atoms with E-state index in [9.17, 15) is 4.79 Å². The second kappa shape index (κ2) is 7.98. The third kappa shape index (κ3) is 4.18. The number of hydrogen-bond donors (Lipinski definition) is 1. The Morgan fingerprint density at radius 1 is 1.35 bits per heavy atom. The van der Waals surface area contributed by atoms with Crippen LogP contribution < -0.4 is 5.32 Å². The molecule has 2 atom stereocenters. The average molecular weight is 258 g/mol. The fraction of sp³-hybridized carbons (Fsp3) is 0.923. The smallest absolute Gasteiger partial charge is 0.241 e. The molecule has 0 bridgehead atoms. The Hall–Kier alpha value is -0.220. The molecule has 0 radical (unpaired) electrons. The SMILES string of the molecule is CCCC1NC(CC)N(CCCSCC)C1=O. The van der Waals surface area contributed by atoms with Gasteiger partial charge in [-0.2, -0.15) is 11.8 Å². The number of nitrogens with zero attached hydrogens (tertiary/aromatic N) is 1. The van der Waals surface area contributed by atoms with Crippen LogP contribution >= 0.6 is 11.8 Å². The molecule has 0 saturated carbocycles. The summed E-state index contributed by atoms with van der Waals surface area (Å²) in [6.45, 7) is 7.38. The van der Waals surface area contributed by atoms with Gasteiger partial charge in [-0.15, -0.1) is 0 Å². The Balaban J connectivity index is 2.41. The van der Waals surface area contributed by atoms with E-state index in [1.54, 1.807) is 0 Å². The molecule has 0 aromatic heterocycles. The van der Waals surface area contributed by atoms with Crippen molar-refractivity contribution in [2.24, 2.45) is 0 Å². The molecule has 1 saturated heterocycles. The molecule has 0 aromatic rings. The van der Waals surface area contributed by atoms with Crippen LogP contribution in [0.5, 0.6) is 0 Å². The Morgan fingerprint density at radius 2 is 2.12 bits per heavy atom. The molecule has 0 aliphatic carbocycles. The molecule has 2 unspecified atom stereocenters. The molecule has 17 heavy (non-hydrogen) atoms. The molecule has 0 spiro atoms. The van der Waals surface area contributed by atoms with Crippen LogP contribution in [-0.2, 0) is 4.79 Å². The van der Waals surface area contributed by atoms with Crippen molar-refractivity contribution in [1.29, 1.82) is 0 Å². The predicted molar refractivity (Wildman–Crippen MR) is 75.2 cm³/mol. The lowest BCUT2D eigenvalue weighted by Gasteiger charge is -2.22. The van der Waals surface area contributed by atoms with Gasteiger partial charge in [0.05, 0.1) is 12.2 Å². The minimum absolute atomic E-state index is 0.0729. The van der Waals surface area contributed by atoms with E-state index in [2.05, 4.69) is 31.0 Å². The average Bonchev–Trinajstić information content (AvgIpc) is 2.63. The summed E-state index contributed by atoms with van der Waals surface area (Å²) >= 11 is 1.95. The molecule has 1 N–H and O–H groups in total. The quantitative estimate of drug-likeness (QED) is 0.679. The molecular formula is C13H26N2OS. The Bertz CT molecular complexity index is 235. The fourth-order valence-electron chi connectivity index (χ4n) is 2.33. The maximum absolute atomic E-state index is 12.2. The first-order valence-electron chi connectivity index (χ1n) is 6.88. The van der Waals surface area contributed by atoms with Gasteiger partial charge in [-0.05, 0) is 30.8 Å². The predicted octanol–water partition coefficient (Wildman–Crippen LogP) is 2.47. The number of amides is 1. The summed E-state index contributed by atoms with van der Waals surface area (Å²) in [5.41, 5.74) is 0. The van der Waals surface area contributed by atoms with Crippen molar-refractivity contribution in [2.45, 2.75) is 58.7 Å². The minimum Gasteiger partial charge on any atom is -0.326 e. The molecular weight excluding hydrogens is 232 g/mol. The number of carbonyl (C=O) groups is 1. The standard InChI is InChI=1S/C13H26N2OS/c1-4-8-11-13(16)15(12(5-2)14-11)9-7-10-17-6-3/h11-12,14H,4-10H2,1-3H3. The largest absolute Gasteiger partial charge is 0.326 e. The van der Waals surface area contributed by atoms with Gasteiger partial charge in [-0.3, -0.25) is 10.1 Å². The molecule has 3 nitrogen and oxygen atoms in total. The van der Waals surface area contributed by atoms with Crippen molar-refractivity contribution in [3.8, 4) is 0 Å². The molecule has 1 aliphatic heterocycles. The topological polar surface area (TPSA) is 32.3 Å². The van der Waals surface area contributed by atoms with E-state index < -0.39 is 0 Å². The van der Waals surface area contributed by atoms with Crippen LogP contribution in [0.1, 0.15) is 46.5 Å². The van der Waals surface area contributed by atoms with Crippen LogP contribution in [0.3, 0.4) is 0 Å². The van der Waals surface area contributed by atoms with Crippen LogP contribution in [0.2, 0.25) is 0 Å². The highest BCUT2D eigenvalue weighted by Crippen LogP contribution is 2.17. The monoisotopic (exact) mass is 258 g/mol. The van der Waals surface area contributed by atoms with E-state index >= 15 is 0 Å². The second-order valence-electron chi connectivity index (χ2n) is 4.51. The van der Waals surface area contributed by atoms with Crippen molar-refractivity contribution >= 4 is 17.7 Å². The van der Waals surface area contributed by atoms with Crippen molar-refractivity contribution in [1.82, 2.24) is 10.2 Å². The summed E-state index contributed by atoms with van der Waals surface area (Å²) in [7, 11) is 0. The summed E-state index contributed by atoms with van der Waals surface area (Å²) in [6.07, 6.45) is 4.42. The summed E-state index contributed by atoms with van der Waals surface area (Å²) in [4.78, 5) is 14.2. The molecule has 100 valence electrons. The molecule has 4 heteroatoms. The summed E-state index contributed by atoms with van der Waals surface area (Å²) in [5.74, 6) is 2.65. The minimum atomic E-state index is 0.0729. The van der Waals surface area contributed by atoms with E-state index in [1.165, 1.54) is 5.75 Å². The summed E-state index contributed by atoms with van der Waals surface area (Å²) in [5, 5.41) is 3.45. The molecule has 1 amide bonds. The molecule has 1 aliphatic rings. The number of thioether (sulfide) groups is 1. The second-order valence-corrected chi connectivity index (χ2v) is 5.91. The number of nitrogens with one attached hydrogen (secondary N) is 1. The van der Waals surface area contributed by atoms with Gasteiger partial charge in [0.15, 0.2) is 0 Å². The van der Waals surface area contributed by atoms with Gasteiger partial charge in [0.2, 0.25) is 5.91 Å². The summed E-state index contributed by atoms with van der Waals surface area (Å²) < 4.78 is 0. The zero-order valence-corrected chi connectivity index (χ0v) is 12.2. The Kier molecular flexibility index (Phi) is 6.97. The van der Waals surface area contributed by atoms with Crippen molar-refractivity contribution in [3.63, 3.8) is 0 Å². The maximum Gasteiger partial charge on any atom is 0.241 e. The van der Waals surface area contributed by atoms with E-state index in [0.29, 0.717) is 5.91 Å². The van der Waals surface area contributed by atoms with Crippen LogP contribution in [0, 0.1) is 0 Å². The first-order chi connectivity index (χ1) is 8.24. The van der Waals surface area contributed by atoms with Gasteiger partial charge in [0.1, 0.15) is 0 Å². The Labute approximate surface area is 110 Å². The van der Waals surface area contributed by atoms with Crippen molar-refractivity contribution in [2.75, 3.05) is 18.1 Å². The lowest BCUT2D eigenvalue weighted by atomic mass is 10.2. The third-order valence-electron chi connectivity index (χ3n) is 3.21. The number of hydrogen-bond acceptors (Lipinski definition) is 3. The van der Waals surface area contributed by atoms with Crippen LogP contribution in [0.15, 0.2) is 0 Å². The first kappa shape index (κ1) is 14.8. The lowest BCUT2D eigenvalue weighted by molar-refractivity contribution is -0.130. The van der Waals surface area contributed by atoms with Gasteiger partial charge in [-0.25, -0.2) is 0 Å². The zero-order chi connectivity index (χ0) is 12.7. The number of rotatable bonds is 8. The lowest BCUT2D eigenvalue weighted by Crippen LogP contribution is -2.37. The van der Waals surface area contributed by atoms with Gasteiger partial charge in [0, 0.05) is 6.54 Å². The van der Waals surface area contributed by atoms with Crippen LogP contribution in [0.25, 0.3) is 0 Å².